The Balaban J connectivity index is 2.55. The maximum absolute atomic E-state index is 5.93. The molecule has 0 radical (unpaired) electrons. The van der Waals surface area contributed by atoms with Crippen LogP contribution in [0.4, 0.5) is 0 Å². The van der Waals surface area contributed by atoms with Crippen molar-refractivity contribution in [3.8, 4) is 0 Å². The first kappa shape index (κ1) is 16.7. The molecule has 1 fully saturated rings. The summed E-state index contributed by atoms with van der Waals surface area (Å²) in [5.41, 5.74) is 3.39. The highest BCUT2D eigenvalue weighted by Crippen LogP contribution is 2.36. The van der Waals surface area contributed by atoms with Gasteiger partial charge in [0.1, 0.15) is 0 Å². The van der Waals surface area contributed by atoms with Crippen LogP contribution in [-0.2, 0) is 9.31 Å². The lowest BCUT2D eigenvalue weighted by Crippen LogP contribution is -2.41. The van der Waals surface area contributed by atoms with E-state index in [0.717, 1.165) is 6.42 Å². The topological polar surface area (TPSA) is 18.5 Å². The van der Waals surface area contributed by atoms with Crippen LogP contribution in [0.1, 0.15) is 41.0 Å². The van der Waals surface area contributed by atoms with Gasteiger partial charge in [-0.15, -0.1) is 0 Å². The van der Waals surface area contributed by atoms with Gasteiger partial charge in [-0.1, -0.05) is 43.0 Å². The minimum absolute atomic E-state index is 0.218. The van der Waals surface area contributed by atoms with Crippen LogP contribution < -0.4 is 0 Å². The van der Waals surface area contributed by atoms with Crippen LogP contribution in [0.25, 0.3) is 0 Å². The van der Waals surface area contributed by atoms with Gasteiger partial charge in [0.15, 0.2) is 0 Å². The summed E-state index contributed by atoms with van der Waals surface area (Å²) in [5, 5.41) is 0. The summed E-state index contributed by atoms with van der Waals surface area (Å²) in [7, 11) is -1.32. The lowest BCUT2D eigenvalue weighted by molar-refractivity contribution is 0.00578. The summed E-state index contributed by atoms with van der Waals surface area (Å²) < 4.78 is 11.9. The minimum atomic E-state index is -1.11. The predicted octanol–water partition coefficient (Wildman–Crippen LogP) is 4.39. The molecule has 19 heavy (non-hydrogen) atoms. The van der Waals surface area contributed by atoms with Gasteiger partial charge in [-0.3, -0.25) is 0 Å². The normalized spacial score (nSPS) is 23.4. The molecule has 4 heteroatoms. The van der Waals surface area contributed by atoms with Gasteiger partial charge in [0.2, 0.25) is 0 Å². The van der Waals surface area contributed by atoms with Crippen LogP contribution in [0, 0.1) is 0 Å². The molecule has 0 aromatic heterocycles. The first-order valence-corrected chi connectivity index (χ1v) is 10.7. The van der Waals surface area contributed by atoms with Gasteiger partial charge in [-0.25, -0.2) is 0 Å². The van der Waals surface area contributed by atoms with E-state index in [0.29, 0.717) is 0 Å². The molecule has 0 aliphatic carbocycles. The van der Waals surface area contributed by atoms with Gasteiger partial charge >= 0.3 is 7.12 Å². The second-order valence-corrected chi connectivity index (χ2v) is 12.6. The molecule has 0 aromatic rings. The predicted molar refractivity (Wildman–Crippen MR) is 86.9 cm³/mol. The third-order valence-electron chi connectivity index (χ3n) is 3.68. The van der Waals surface area contributed by atoms with E-state index in [1.165, 1.54) is 5.57 Å². The van der Waals surface area contributed by atoms with Crippen LogP contribution >= 0.6 is 0 Å². The second-order valence-electron chi connectivity index (χ2n) is 7.61. The molecular formula is C15H29BO2Si. The van der Waals surface area contributed by atoms with Crippen molar-refractivity contribution in [2.24, 2.45) is 0 Å². The Bertz CT molecular complexity index is 362. The van der Waals surface area contributed by atoms with Gasteiger partial charge in [0.05, 0.1) is 19.3 Å². The van der Waals surface area contributed by atoms with Crippen LogP contribution in [0.3, 0.4) is 0 Å². The molecule has 0 aromatic carbocycles. The molecule has 0 saturated carbocycles. The maximum Gasteiger partial charge on any atom is 0.486 e. The zero-order valence-electron chi connectivity index (χ0n) is 13.8. The smallest absolute Gasteiger partial charge is 0.400 e. The van der Waals surface area contributed by atoms with Crippen molar-refractivity contribution < 1.29 is 9.31 Å². The average molecular weight is 280 g/mol. The zero-order valence-corrected chi connectivity index (χ0v) is 14.8. The minimum Gasteiger partial charge on any atom is -0.400 e. The lowest BCUT2D eigenvalue weighted by atomic mass is 9.89. The van der Waals surface area contributed by atoms with Crippen molar-refractivity contribution in [2.75, 3.05) is 0 Å². The van der Waals surface area contributed by atoms with Crippen molar-refractivity contribution in [3.63, 3.8) is 0 Å². The summed E-state index contributed by atoms with van der Waals surface area (Å²) in [6.45, 7) is 17.6. The molecule has 0 bridgehead atoms. The SMILES string of the molecule is C/C(=C\[Si](C)(C)C)C/C=C/B1OC(C)(C)C(C)(C)O1. The van der Waals surface area contributed by atoms with Crippen molar-refractivity contribution in [1.82, 2.24) is 0 Å². The largest absolute Gasteiger partial charge is 0.486 e. The van der Waals surface area contributed by atoms with Gasteiger partial charge in [0.25, 0.3) is 0 Å². The molecule has 0 N–H and O–H groups in total. The van der Waals surface area contributed by atoms with E-state index in [9.17, 15) is 0 Å². The van der Waals surface area contributed by atoms with Crippen LogP contribution in [-0.4, -0.2) is 26.4 Å². The number of hydrogen-bond donors (Lipinski definition) is 0. The van der Waals surface area contributed by atoms with Gasteiger partial charge < -0.3 is 9.31 Å². The Hall–Kier alpha value is -0.318. The van der Waals surface area contributed by atoms with E-state index in [2.05, 4.69) is 66.0 Å². The molecular weight excluding hydrogens is 251 g/mol. The Labute approximate surface area is 120 Å². The summed E-state index contributed by atoms with van der Waals surface area (Å²) in [6.07, 6.45) is 3.14. The van der Waals surface area contributed by atoms with Crippen molar-refractivity contribution >= 4 is 15.2 Å². The van der Waals surface area contributed by atoms with E-state index < -0.39 is 8.07 Å². The van der Waals surface area contributed by atoms with Crippen LogP contribution in [0.2, 0.25) is 19.6 Å². The Kier molecular flexibility index (Phi) is 4.92. The standard InChI is InChI=1S/C15H29BO2Si/c1-13(12-19(6,7)8)10-9-11-16-17-14(2,3)15(4,5)18-16/h9,11-12H,10H2,1-8H3/b11-9+,13-12+. The molecule has 0 unspecified atom stereocenters. The number of allylic oxidation sites excluding steroid dienone is 2. The molecule has 2 nitrogen and oxygen atoms in total. The lowest BCUT2D eigenvalue weighted by Gasteiger charge is -2.32. The first-order valence-electron chi connectivity index (χ1n) is 7.14. The van der Waals surface area contributed by atoms with E-state index >= 15 is 0 Å². The summed E-state index contributed by atoms with van der Waals surface area (Å²) in [4.78, 5) is 0. The van der Waals surface area contributed by atoms with Crippen molar-refractivity contribution in [3.05, 3.63) is 23.3 Å². The third kappa shape index (κ3) is 4.94. The molecule has 0 amide bonds. The summed E-state index contributed by atoms with van der Waals surface area (Å²) in [6, 6.07) is 0. The van der Waals surface area contributed by atoms with Gasteiger partial charge in [0, 0.05) is 0 Å². The monoisotopic (exact) mass is 280 g/mol. The van der Waals surface area contributed by atoms with E-state index in [1.54, 1.807) is 0 Å². The molecule has 0 spiro atoms. The summed E-state index contributed by atoms with van der Waals surface area (Å²) >= 11 is 0. The highest BCUT2D eigenvalue weighted by Gasteiger charge is 2.49. The van der Waals surface area contributed by atoms with E-state index in [-0.39, 0.29) is 18.3 Å². The van der Waals surface area contributed by atoms with Crippen LogP contribution in [0.5, 0.6) is 0 Å². The van der Waals surface area contributed by atoms with E-state index in [4.69, 9.17) is 9.31 Å². The molecule has 1 rings (SSSR count). The Morgan fingerprint density at radius 3 is 1.95 bits per heavy atom. The Morgan fingerprint density at radius 1 is 1.05 bits per heavy atom. The molecule has 1 aliphatic rings. The fourth-order valence-electron chi connectivity index (χ4n) is 2.13. The second kappa shape index (κ2) is 5.59. The highest BCUT2D eigenvalue weighted by molar-refractivity contribution is 6.81. The van der Waals surface area contributed by atoms with Gasteiger partial charge in [-0.05, 0) is 41.0 Å². The van der Waals surface area contributed by atoms with E-state index in [1.807, 2.05) is 5.98 Å². The highest BCUT2D eigenvalue weighted by atomic mass is 28.3. The average Bonchev–Trinajstić information content (AvgIpc) is 2.31. The molecule has 1 aliphatic heterocycles. The quantitative estimate of drug-likeness (QED) is 0.711. The number of rotatable bonds is 4. The van der Waals surface area contributed by atoms with Crippen molar-refractivity contribution in [2.45, 2.75) is 71.9 Å². The Morgan fingerprint density at radius 2 is 1.53 bits per heavy atom. The fraction of sp³-hybridized carbons (Fsp3) is 0.733. The fourth-order valence-corrected chi connectivity index (χ4v) is 3.73. The molecule has 1 saturated heterocycles. The first-order chi connectivity index (χ1) is 8.43. The zero-order chi connectivity index (χ0) is 14.9. The van der Waals surface area contributed by atoms with Gasteiger partial charge in [-0.2, -0.15) is 0 Å². The van der Waals surface area contributed by atoms with Crippen molar-refractivity contribution in [1.29, 1.82) is 0 Å². The molecule has 0 atom stereocenters. The maximum atomic E-state index is 5.93. The number of hydrogen-bond acceptors (Lipinski definition) is 2. The summed E-state index contributed by atoms with van der Waals surface area (Å²) in [5.74, 6) is 2.04. The molecule has 1 heterocycles. The third-order valence-corrected chi connectivity index (χ3v) is 5.04. The van der Waals surface area contributed by atoms with Crippen LogP contribution in [0.15, 0.2) is 23.3 Å². The molecule has 108 valence electrons.